The molecule has 1 saturated carbocycles. The van der Waals surface area contributed by atoms with Crippen molar-refractivity contribution in [2.75, 3.05) is 0 Å². The summed E-state index contributed by atoms with van der Waals surface area (Å²) in [5.41, 5.74) is 0. The third kappa shape index (κ3) is 1.82. The van der Waals surface area contributed by atoms with E-state index in [1.165, 1.54) is 6.42 Å². The first kappa shape index (κ1) is 9.33. The molecule has 0 radical (unpaired) electrons. The van der Waals surface area contributed by atoms with E-state index in [4.69, 9.17) is 9.68 Å². The van der Waals surface area contributed by atoms with Crippen molar-refractivity contribution < 1.29 is 4.42 Å². The molecular weight excluding hydrogens is 174 g/mol. The standard InChI is InChI=1S/C12H15NO/c1-9-5-6-12(14-9)11-4-2-3-10(7-11)8-13/h5-6,10-11H,2-4,7H2,1H3/t10-,11+/m0/s1. The Hall–Kier alpha value is -1.23. The third-order valence-corrected chi connectivity index (χ3v) is 3.02. The molecule has 2 nitrogen and oxygen atoms in total. The molecule has 0 saturated heterocycles. The molecule has 14 heavy (non-hydrogen) atoms. The van der Waals surface area contributed by atoms with Gasteiger partial charge in [-0.1, -0.05) is 6.42 Å². The topological polar surface area (TPSA) is 36.9 Å². The first-order valence-corrected chi connectivity index (χ1v) is 5.25. The molecule has 1 aliphatic rings. The van der Waals surface area contributed by atoms with Crippen molar-refractivity contribution in [1.29, 1.82) is 5.26 Å². The van der Waals surface area contributed by atoms with Crippen LogP contribution in [0.25, 0.3) is 0 Å². The van der Waals surface area contributed by atoms with E-state index < -0.39 is 0 Å². The fourth-order valence-electron chi connectivity index (χ4n) is 2.24. The average Bonchev–Trinajstić information content (AvgIpc) is 2.65. The Balaban J connectivity index is 2.08. The zero-order valence-electron chi connectivity index (χ0n) is 8.49. The molecule has 0 aromatic carbocycles. The first-order chi connectivity index (χ1) is 6.79. The molecule has 0 N–H and O–H groups in total. The first-order valence-electron chi connectivity index (χ1n) is 5.25. The van der Waals surface area contributed by atoms with E-state index in [2.05, 4.69) is 12.1 Å². The number of hydrogen-bond donors (Lipinski definition) is 0. The van der Waals surface area contributed by atoms with Crippen LogP contribution in [0.5, 0.6) is 0 Å². The summed E-state index contributed by atoms with van der Waals surface area (Å²) in [5, 5.41) is 8.88. The maximum absolute atomic E-state index is 8.88. The van der Waals surface area contributed by atoms with Crippen LogP contribution < -0.4 is 0 Å². The summed E-state index contributed by atoms with van der Waals surface area (Å²) >= 11 is 0. The molecule has 1 heterocycles. The van der Waals surface area contributed by atoms with E-state index in [0.717, 1.165) is 30.8 Å². The molecule has 74 valence electrons. The molecule has 0 bridgehead atoms. The molecular formula is C12H15NO. The second-order valence-electron chi connectivity index (χ2n) is 4.14. The third-order valence-electron chi connectivity index (χ3n) is 3.02. The van der Waals surface area contributed by atoms with Crippen molar-refractivity contribution in [2.45, 2.75) is 38.5 Å². The number of furan rings is 1. The summed E-state index contributed by atoms with van der Waals surface area (Å²) in [5.74, 6) is 2.75. The summed E-state index contributed by atoms with van der Waals surface area (Å²) in [6, 6.07) is 6.43. The van der Waals surface area contributed by atoms with E-state index in [1.807, 2.05) is 13.0 Å². The molecule has 1 aliphatic carbocycles. The van der Waals surface area contributed by atoms with Gasteiger partial charge in [-0.05, 0) is 38.3 Å². The quantitative estimate of drug-likeness (QED) is 0.679. The molecule has 0 spiro atoms. The number of hydrogen-bond acceptors (Lipinski definition) is 2. The lowest BCUT2D eigenvalue weighted by atomic mass is 9.81. The largest absolute Gasteiger partial charge is 0.466 e. The summed E-state index contributed by atoms with van der Waals surface area (Å²) < 4.78 is 5.61. The van der Waals surface area contributed by atoms with E-state index in [-0.39, 0.29) is 5.92 Å². The van der Waals surface area contributed by atoms with Gasteiger partial charge in [0.25, 0.3) is 0 Å². The minimum absolute atomic E-state index is 0.235. The molecule has 1 aromatic rings. The highest BCUT2D eigenvalue weighted by atomic mass is 16.3. The lowest BCUT2D eigenvalue weighted by molar-refractivity contribution is 0.329. The maximum Gasteiger partial charge on any atom is 0.107 e. The minimum Gasteiger partial charge on any atom is -0.466 e. The zero-order valence-corrected chi connectivity index (χ0v) is 8.49. The average molecular weight is 189 g/mol. The van der Waals surface area contributed by atoms with Gasteiger partial charge in [-0.3, -0.25) is 0 Å². The van der Waals surface area contributed by atoms with Crippen molar-refractivity contribution in [3.63, 3.8) is 0 Å². The maximum atomic E-state index is 8.88. The van der Waals surface area contributed by atoms with E-state index in [0.29, 0.717) is 5.92 Å². The highest BCUT2D eigenvalue weighted by molar-refractivity contribution is 5.12. The lowest BCUT2D eigenvalue weighted by Crippen LogP contribution is -2.12. The normalized spacial score (nSPS) is 27.1. The van der Waals surface area contributed by atoms with Gasteiger partial charge < -0.3 is 4.42 Å². The Morgan fingerprint density at radius 2 is 2.29 bits per heavy atom. The van der Waals surface area contributed by atoms with Gasteiger partial charge in [0.15, 0.2) is 0 Å². The van der Waals surface area contributed by atoms with Gasteiger partial charge in [0.05, 0.1) is 6.07 Å². The number of nitriles is 1. The van der Waals surface area contributed by atoms with E-state index in [1.54, 1.807) is 0 Å². The van der Waals surface area contributed by atoms with Crippen LogP contribution >= 0.6 is 0 Å². The molecule has 1 fully saturated rings. The predicted octanol–water partition coefficient (Wildman–Crippen LogP) is 3.39. The second kappa shape index (κ2) is 3.88. The van der Waals surface area contributed by atoms with Crippen molar-refractivity contribution in [2.24, 2.45) is 5.92 Å². The summed E-state index contributed by atoms with van der Waals surface area (Å²) in [4.78, 5) is 0. The second-order valence-corrected chi connectivity index (χ2v) is 4.14. The molecule has 0 aliphatic heterocycles. The monoisotopic (exact) mass is 189 g/mol. The molecule has 0 amide bonds. The molecule has 2 rings (SSSR count). The molecule has 2 heteroatoms. The SMILES string of the molecule is Cc1ccc([C@@H]2CCC[C@H](C#N)C2)o1. The van der Waals surface area contributed by atoms with Crippen LogP contribution in [0.4, 0.5) is 0 Å². The molecule has 0 unspecified atom stereocenters. The van der Waals surface area contributed by atoms with Gasteiger partial charge >= 0.3 is 0 Å². The van der Waals surface area contributed by atoms with Crippen LogP contribution in [0.15, 0.2) is 16.5 Å². The van der Waals surface area contributed by atoms with Gasteiger partial charge in [-0.15, -0.1) is 0 Å². The van der Waals surface area contributed by atoms with Crippen LogP contribution in [0, 0.1) is 24.2 Å². The van der Waals surface area contributed by atoms with Crippen LogP contribution in [0.3, 0.4) is 0 Å². The van der Waals surface area contributed by atoms with Crippen LogP contribution in [0.2, 0.25) is 0 Å². The van der Waals surface area contributed by atoms with Gasteiger partial charge in [-0.25, -0.2) is 0 Å². The minimum atomic E-state index is 0.235. The Bertz CT molecular complexity index is 347. The molecule has 2 atom stereocenters. The van der Waals surface area contributed by atoms with Crippen molar-refractivity contribution >= 4 is 0 Å². The van der Waals surface area contributed by atoms with Crippen molar-refractivity contribution in [3.05, 3.63) is 23.7 Å². The van der Waals surface area contributed by atoms with E-state index >= 15 is 0 Å². The van der Waals surface area contributed by atoms with Crippen molar-refractivity contribution in [3.8, 4) is 6.07 Å². The number of aryl methyl sites for hydroxylation is 1. The van der Waals surface area contributed by atoms with E-state index in [9.17, 15) is 0 Å². The predicted molar refractivity (Wildman–Crippen MR) is 53.8 cm³/mol. The Labute approximate surface area is 84.5 Å². The highest BCUT2D eigenvalue weighted by Gasteiger charge is 2.24. The van der Waals surface area contributed by atoms with Crippen LogP contribution in [-0.2, 0) is 0 Å². The molecule has 1 aromatic heterocycles. The zero-order chi connectivity index (χ0) is 9.97. The summed E-state index contributed by atoms with van der Waals surface area (Å²) in [6.45, 7) is 1.97. The fraction of sp³-hybridized carbons (Fsp3) is 0.583. The van der Waals surface area contributed by atoms with Gasteiger partial charge in [0.2, 0.25) is 0 Å². The Morgan fingerprint density at radius 3 is 2.93 bits per heavy atom. The summed E-state index contributed by atoms with van der Waals surface area (Å²) in [6.07, 6.45) is 4.36. The Morgan fingerprint density at radius 1 is 1.43 bits per heavy atom. The van der Waals surface area contributed by atoms with Crippen LogP contribution in [0.1, 0.15) is 43.1 Å². The van der Waals surface area contributed by atoms with Gasteiger partial charge in [0, 0.05) is 11.8 Å². The number of rotatable bonds is 1. The highest BCUT2D eigenvalue weighted by Crippen LogP contribution is 2.36. The lowest BCUT2D eigenvalue weighted by Gasteiger charge is -2.23. The summed E-state index contributed by atoms with van der Waals surface area (Å²) in [7, 11) is 0. The van der Waals surface area contributed by atoms with Crippen LogP contribution in [-0.4, -0.2) is 0 Å². The van der Waals surface area contributed by atoms with Gasteiger partial charge in [0.1, 0.15) is 11.5 Å². The Kier molecular flexibility index (Phi) is 2.58. The smallest absolute Gasteiger partial charge is 0.107 e. The number of nitrogens with zero attached hydrogens (tertiary/aromatic N) is 1. The van der Waals surface area contributed by atoms with Crippen molar-refractivity contribution in [1.82, 2.24) is 0 Å². The van der Waals surface area contributed by atoms with Gasteiger partial charge in [-0.2, -0.15) is 5.26 Å². The fourth-order valence-corrected chi connectivity index (χ4v) is 2.24.